The molecule has 2 saturated heterocycles. The number of rotatable bonds is 2. The first kappa shape index (κ1) is 7.52. The summed E-state index contributed by atoms with van der Waals surface area (Å²) >= 11 is 0. The minimum absolute atomic E-state index is 0.136. The number of hydrogen-bond donors (Lipinski definition) is 1. The smallest absolute Gasteiger partial charge is 0.219 e. The van der Waals surface area contributed by atoms with Crippen molar-refractivity contribution in [3.05, 3.63) is 0 Å². The molecule has 0 amide bonds. The van der Waals surface area contributed by atoms with Crippen LogP contribution in [0, 0.1) is 0 Å². The molecular formula is C6H12N2O2S. The van der Waals surface area contributed by atoms with E-state index < -0.39 is 10.0 Å². The van der Waals surface area contributed by atoms with Crippen molar-refractivity contribution in [2.75, 3.05) is 26.2 Å². The van der Waals surface area contributed by atoms with Crippen LogP contribution in [0.2, 0.25) is 0 Å². The van der Waals surface area contributed by atoms with E-state index in [-0.39, 0.29) is 5.25 Å². The fraction of sp³-hybridized carbons (Fsp3) is 1.00. The summed E-state index contributed by atoms with van der Waals surface area (Å²) in [5, 5.41) is 2.83. The van der Waals surface area contributed by atoms with E-state index in [9.17, 15) is 8.42 Å². The van der Waals surface area contributed by atoms with Crippen LogP contribution in [0.25, 0.3) is 0 Å². The highest BCUT2D eigenvalue weighted by Gasteiger charge is 2.38. The normalized spacial score (nSPS) is 27.6. The summed E-state index contributed by atoms with van der Waals surface area (Å²) in [7, 11) is -2.89. The standard InChI is InChI=1S/C6H12N2O2S/c9-11(10,6-4-7-5-6)8-2-1-3-8/h6-7H,1-5H2. The first-order valence-corrected chi connectivity index (χ1v) is 5.41. The van der Waals surface area contributed by atoms with Gasteiger partial charge in [-0.3, -0.25) is 0 Å². The highest BCUT2D eigenvalue weighted by molar-refractivity contribution is 7.89. The van der Waals surface area contributed by atoms with Gasteiger partial charge in [0.15, 0.2) is 0 Å². The molecule has 0 aromatic carbocycles. The van der Waals surface area contributed by atoms with Gasteiger partial charge in [0.2, 0.25) is 10.0 Å². The Bertz CT molecular complexity index is 221. The third-order valence-electron chi connectivity index (χ3n) is 2.34. The zero-order valence-corrected chi connectivity index (χ0v) is 7.10. The number of sulfonamides is 1. The Morgan fingerprint density at radius 3 is 2.18 bits per heavy atom. The molecule has 0 aromatic heterocycles. The second-order valence-electron chi connectivity index (χ2n) is 3.08. The van der Waals surface area contributed by atoms with Crippen molar-refractivity contribution in [2.45, 2.75) is 11.7 Å². The Kier molecular flexibility index (Phi) is 1.66. The van der Waals surface area contributed by atoms with Crippen LogP contribution in [0.3, 0.4) is 0 Å². The molecule has 0 bridgehead atoms. The molecular weight excluding hydrogens is 164 g/mol. The molecule has 2 aliphatic heterocycles. The van der Waals surface area contributed by atoms with Gasteiger partial charge in [0.25, 0.3) is 0 Å². The molecule has 2 heterocycles. The van der Waals surface area contributed by atoms with Gasteiger partial charge in [0, 0.05) is 26.2 Å². The van der Waals surface area contributed by atoms with E-state index in [0.717, 1.165) is 19.5 Å². The molecule has 0 radical (unpaired) electrons. The van der Waals surface area contributed by atoms with Gasteiger partial charge in [-0.1, -0.05) is 0 Å². The summed E-state index contributed by atoms with van der Waals surface area (Å²) in [5.74, 6) is 0. The molecule has 2 rings (SSSR count). The van der Waals surface area contributed by atoms with Crippen molar-refractivity contribution in [1.29, 1.82) is 0 Å². The lowest BCUT2D eigenvalue weighted by atomic mass is 10.3. The van der Waals surface area contributed by atoms with Crippen molar-refractivity contribution in [1.82, 2.24) is 9.62 Å². The topological polar surface area (TPSA) is 49.4 Å². The van der Waals surface area contributed by atoms with E-state index in [1.807, 2.05) is 0 Å². The van der Waals surface area contributed by atoms with Crippen molar-refractivity contribution in [3.63, 3.8) is 0 Å². The van der Waals surface area contributed by atoms with Crippen LogP contribution in [0.5, 0.6) is 0 Å². The maximum absolute atomic E-state index is 11.5. The zero-order chi connectivity index (χ0) is 7.90. The summed E-state index contributed by atoms with van der Waals surface area (Å²) in [6.45, 7) is 2.75. The van der Waals surface area contributed by atoms with Crippen molar-refractivity contribution in [3.8, 4) is 0 Å². The van der Waals surface area contributed by atoms with Crippen LogP contribution >= 0.6 is 0 Å². The molecule has 0 atom stereocenters. The highest BCUT2D eigenvalue weighted by Crippen LogP contribution is 2.18. The number of nitrogens with one attached hydrogen (secondary N) is 1. The van der Waals surface area contributed by atoms with E-state index in [0.29, 0.717) is 13.1 Å². The molecule has 2 aliphatic rings. The zero-order valence-electron chi connectivity index (χ0n) is 6.28. The van der Waals surface area contributed by atoms with Crippen LogP contribution in [0.1, 0.15) is 6.42 Å². The predicted octanol–water partition coefficient (Wildman–Crippen LogP) is -1.01. The minimum atomic E-state index is -2.89. The fourth-order valence-corrected chi connectivity index (χ4v) is 3.07. The van der Waals surface area contributed by atoms with Crippen LogP contribution in [0.15, 0.2) is 0 Å². The van der Waals surface area contributed by atoms with E-state index in [1.54, 1.807) is 4.31 Å². The van der Waals surface area contributed by atoms with Gasteiger partial charge in [0.1, 0.15) is 5.25 Å². The largest absolute Gasteiger partial charge is 0.314 e. The van der Waals surface area contributed by atoms with Gasteiger partial charge in [-0.2, -0.15) is 0 Å². The summed E-state index contributed by atoms with van der Waals surface area (Å²) in [6, 6.07) is 0. The molecule has 11 heavy (non-hydrogen) atoms. The molecule has 0 saturated carbocycles. The van der Waals surface area contributed by atoms with E-state index in [1.165, 1.54) is 0 Å². The maximum Gasteiger partial charge on any atom is 0.219 e. The summed E-state index contributed by atoms with van der Waals surface area (Å²) in [6.07, 6.45) is 1.03. The molecule has 0 spiro atoms. The molecule has 0 unspecified atom stereocenters. The van der Waals surface area contributed by atoms with Crippen LogP contribution < -0.4 is 5.32 Å². The third-order valence-corrected chi connectivity index (χ3v) is 4.60. The van der Waals surface area contributed by atoms with Crippen LogP contribution in [-0.2, 0) is 10.0 Å². The minimum Gasteiger partial charge on any atom is -0.314 e. The van der Waals surface area contributed by atoms with Gasteiger partial charge in [-0.25, -0.2) is 12.7 Å². The molecule has 0 aromatic rings. The summed E-state index contributed by atoms with van der Waals surface area (Å²) in [5.41, 5.74) is 0. The van der Waals surface area contributed by atoms with Gasteiger partial charge < -0.3 is 5.32 Å². The monoisotopic (exact) mass is 176 g/mol. The lowest BCUT2D eigenvalue weighted by Crippen LogP contribution is -2.58. The van der Waals surface area contributed by atoms with Crippen molar-refractivity contribution in [2.24, 2.45) is 0 Å². The predicted molar refractivity (Wildman–Crippen MR) is 41.8 cm³/mol. The Hall–Kier alpha value is -0.130. The van der Waals surface area contributed by atoms with E-state index in [4.69, 9.17) is 0 Å². The van der Waals surface area contributed by atoms with Crippen LogP contribution in [-0.4, -0.2) is 44.2 Å². The van der Waals surface area contributed by atoms with Crippen molar-refractivity contribution < 1.29 is 8.42 Å². The van der Waals surface area contributed by atoms with Gasteiger partial charge in [-0.15, -0.1) is 0 Å². The number of nitrogens with zero attached hydrogens (tertiary/aromatic N) is 1. The average molecular weight is 176 g/mol. The maximum atomic E-state index is 11.5. The third kappa shape index (κ3) is 1.07. The second kappa shape index (κ2) is 2.43. The van der Waals surface area contributed by atoms with Crippen molar-refractivity contribution >= 4 is 10.0 Å². The molecule has 64 valence electrons. The Morgan fingerprint density at radius 1 is 1.27 bits per heavy atom. The molecule has 0 aliphatic carbocycles. The molecule has 5 heteroatoms. The van der Waals surface area contributed by atoms with Gasteiger partial charge in [0.05, 0.1) is 0 Å². The molecule has 1 N–H and O–H groups in total. The Morgan fingerprint density at radius 2 is 1.91 bits per heavy atom. The highest BCUT2D eigenvalue weighted by atomic mass is 32.2. The first-order valence-electron chi connectivity index (χ1n) is 3.91. The second-order valence-corrected chi connectivity index (χ2v) is 5.29. The van der Waals surface area contributed by atoms with E-state index in [2.05, 4.69) is 5.32 Å². The quantitative estimate of drug-likeness (QED) is 0.587. The lowest BCUT2D eigenvalue weighted by molar-refractivity contribution is 0.298. The fourth-order valence-electron chi connectivity index (χ4n) is 1.23. The van der Waals surface area contributed by atoms with Gasteiger partial charge >= 0.3 is 0 Å². The summed E-state index contributed by atoms with van der Waals surface area (Å²) in [4.78, 5) is 0. The first-order chi connectivity index (χ1) is 5.21. The Labute approximate surface area is 66.6 Å². The van der Waals surface area contributed by atoms with E-state index >= 15 is 0 Å². The average Bonchev–Trinajstić information content (AvgIpc) is 1.46. The SMILES string of the molecule is O=S(=O)(C1CNC1)N1CCC1. The van der Waals surface area contributed by atoms with Gasteiger partial charge in [-0.05, 0) is 6.42 Å². The molecule has 2 fully saturated rings. The molecule has 4 nitrogen and oxygen atoms in total. The summed E-state index contributed by atoms with van der Waals surface area (Å²) < 4.78 is 24.5. The lowest BCUT2D eigenvalue weighted by Gasteiger charge is -2.37. The number of hydrogen-bond acceptors (Lipinski definition) is 3. The Balaban J connectivity index is 2.07. The van der Waals surface area contributed by atoms with Crippen LogP contribution in [0.4, 0.5) is 0 Å².